The van der Waals surface area contributed by atoms with E-state index in [0.29, 0.717) is 12.0 Å². The Morgan fingerprint density at radius 3 is 2.33 bits per heavy atom. The molecule has 3 heteroatoms. The van der Waals surface area contributed by atoms with Crippen molar-refractivity contribution in [3.05, 3.63) is 101 Å². The van der Waals surface area contributed by atoms with Gasteiger partial charge in [0.05, 0.1) is 11.7 Å². The zero-order chi connectivity index (χ0) is 16.8. The zero-order valence-corrected chi connectivity index (χ0v) is 13.6. The van der Waals surface area contributed by atoms with Crippen LogP contribution >= 0.6 is 0 Å². The Kier molecular flexibility index (Phi) is 5.02. The molecule has 0 saturated heterocycles. The number of pyridine rings is 1. The molecule has 1 amide bonds. The number of benzene rings is 2. The molecule has 24 heavy (non-hydrogen) atoms. The summed E-state index contributed by atoms with van der Waals surface area (Å²) in [6, 6.07) is 23.2. The lowest BCUT2D eigenvalue weighted by Gasteiger charge is -2.19. The van der Waals surface area contributed by atoms with Crippen molar-refractivity contribution in [1.29, 1.82) is 0 Å². The fraction of sp³-hybridized carbons (Fsp3) is 0.143. The third-order valence-electron chi connectivity index (χ3n) is 3.92. The molecule has 0 radical (unpaired) electrons. The van der Waals surface area contributed by atoms with E-state index in [2.05, 4.69) is 22.4 Å². The van der Waals surface area contributed by atoms with Crippen molar-refractivity contribution < 1.29 is 4.79 Å². The number of aromatic nitrogens is 1. The second kappa shape index (κ2) is 7.55. The highest BCUT2D eigenvalue weighted by molar-refractivity contribution is 5.94. The Hall–Kier alpha value is -2.94. The first-order valence-corrected chi connectivity index (χ1v) is 8.05. The van der Waals surface area contributed by atoms with Gasteiger partial charge in [-0.05, 0) is 48.7 Å². The lowest BCUT2D eigenvalue weighted by Crippen LogP contribution is -2.30. The number of aryl methyl sites for hydroxylation is 1. The van der Waals surface area contributed by atoms with Crippen LogP contribution in [0, 0.1) is 6.92 Å². The number of hydrogen-bond acceptors (Lipinski definition) is 2. The second-order valence-electron chi connectivity index (χ2n) is 5.84. The fourth-order valence-corrected chi connectivity index (χ4v) is 2.66. The predicted octanol–water partition coefficient (Wildman–Crippen LogP) is 4.10. The van der Waals surface area contributed by atoms with Crippen LogP contribution in [-0.4, -0.2) is 10.9 Å². The van der Waals surface area contributed by atoms with Gasteiger partial charge in [0, 0.05) is 11.8 Å². The summed E-state index contributed by atoms with van der Waals surface area (Å²) in [6.07, 6.45) is 2.49. The number of carbonyl (C=O) groups is 1. The van der Waals surface area contributed by atoms with Crippen molar-refractivity contribution in [3.63, 3.8) is 0 Å². The van der Waals surface area contributed by atoms with E-state index in [1.54, 1.807) is 6.20 Å². The van der Waals surface area contributed by atoms with Gasteiger partial charge in [0.15, 0.2) is 0 Å². The molecule has 0 fully saturated rings. The molecular formula is C21H20N2O. The van der Waals surface area contributed by atoms with Crippen molar-refractivity contribution >= 4 is 5.91 Å². The van der Waals surface area contributed by atoms with Gasteiger partial charge in [-0.25, -0.2) is 0 Å². The molecule has 1 aromatic heterocycles. The highest BCUT2D eigenvalue weighted by Crippen LogP contribution is 2.18. The minimum atomic E-state index is -0.167. The van der Waals surface area contributed by atoms with E-state index < -0.39 is 0 Å². The van der Waals surface area contributed by atoms with Crippen LogP contribution in [0.1, 0.15) is 33.2 Å². The molecule has 0 aliphatic carbocycles. The molecule has 3 nitrogen and oxygen atoms in total. The van der Waals surface area contributed by atoms with Crippen LogP contribution in [-0.2, 0) is 6.42 Å². The Labute approximate surface area is 142 Å². The Morgan fingerprint density at radius 1 is 1.00 bits per heavy atom. The minimum absolute atomic E-state index is 0.0835. The van der Waals surface area contributed by atoms with E-state index >= 15 is 0 Å². The molecule has 0 bridgehead atoms. The van der Waals surface area contributed by atoms with Crippen LogP contribution < -0.4 is 5.32 Å². The van der Waals surface area contributed by atoms with Crippen LogP contribution in [0.15, 0.2) is 79.0 Å². The highest BCUT2D eigenvalue weighted by atomic mass is 16.1. The van der Waals surface area contributed by atoms with Crippen LogP contribution in [0.2, 0.25) is 0 Å². The lowest BCUT2D eigenvalue weighted by molar-refractivity contribution is 0.0935. The average molecular weight is 316 g/mol. The Balaban J connectivity index is 1.86. The summed E-state index contributed by atoms with van der Waals surface area (Å²) in [6.45, 7) is 2.03. The molecule has 120 valence electrons. The van der Waals surface area contributed by atoms with Gasteiger partial charge in [-0.1, -0.05) is 48.5 Å². The number of nitrogens with one attached hydrogen (secondary N) is 1. The molecule has 3 aromatic rings. The molecule has 0 aliphatic rings. The van der Waals surface area contributed by atoms with E-state index in [1.807, 2.05) is 67.6 Å². The summed E-state index contributed by atoms with van der Waals surface area (Å²) in [5.74, 6) is -0.0835. The van der Waals surface area contributed by atoms with E-state index in [9.17, 15) is 4.79 Å². The number of hydrogen-bond donors (Lipinski definition) is 1. The van der Waals surface area contributed by atoms with Gasteiger partial charge in [-0.3, -0.25) is 9.78 Å². The van der Waals surface area contributed by atoms with Gasteiger partial charge in [0.1, 0.15) is 0 Å². The Bertz CT molecular complexity index is 800. The molecule has 0 spiro atoms. The van der Waals surface area contributed by atoms with E-state index in [1.165, 1.54) is 5.56 Å². The number of amides is 1. The van der Waals surface area contributed by atoms with Crippen molar-refractivity contribution in [3.8, 4) is 0 Å². The zero-order valence-electron chi connectivity index (χ0n) is 13.6. The molecule has 1 unspecified atom stereocenters. The van der Waals surface area contributed by atoms with E-state index in [-0.39, 0.29) is 11.9 Å². The van der Waals surface area contributed by atoms with Crippen LogP contribution in [0.3, 0.4) is 0 Å². The molecule has 1 atom stereocenters. The summed E-state index contributed by atoms with van der Waals surface area (Å²) in [5, 5.41) is 3.12. The standard InChI is InChI=1S/C21H20N2O/c1-16-12-13-22-19(14-16)20(15-17-8-4-2-5-9-17)23-21(24)18-10-6-3-7-11-18/h2-14,20H,15H2,1H3,(H,23,24). The van der Waals surface area contributed by atoms with Crippen molar-refractivity contribution in [2.75, 3.05) is 0 Å². The third kappa shape index (κ3) is 4.07. The lowest BCUT2D eigenvalue weighted by atomic mass is 10.0. The van der Waals surface area contributed by atoms with Crippen molar-refractivity contribution in [2.45, 2.75) is 19.4 Å². The van der Waals surface area contributed by atoms with Crippen molar-refractivity contribution in [2.24, 2.45) is 0 Å². The van der Waals surface area contributed by atoms with Gasteiger partial charge in [-0.15, -0.1) is 0 Å². The second-order valence-corrected chi connectivity index (χ2v) is 5.84. The van der Waals surface area contributed by atoms with E-state index in [0.717, 1.165) is 11.3 Å². The van der Waals surface area contributed by atoms with Crippen LogP contribution in [0.25, 0.3) is 0 Å². The number of carbonyl (C=O) groups excluding carboxylic acids is 1. The fourth-order valence-electron chi connectivity index (χ4n) is 2.66. The molecular weight excluding hydrogens is 296 g/mol. The maximum absolute atomic E-state index is 12.6. The molecule has 0 saturated carbocycles. The average Bonchev–Trinajstić information content (AvgIpc) is 2.63. The molecule has 1 N–H and O–H groups in total. The molecule has 0 aliphatic heterocycles. The summed E-state index contributed by atoms with van der Waals surface area (Å²) in [7, 11) is 0. The summed E-state index contributed by atoms with van der Waals surface area (Å²) < 4.78 is 0. The third-order valence-corrected chi connectivity index (χ3v) is 3.92. The summed E-state index contributed by atoms with van der Waals surface area (Å²) in [5.41, 5.74) is 3.83. The van der Waals surface area contributed by atoms with Crippen LogP contribution in [0.5, 0.6) is 0 Å². The first kappa shape index (κ1) is 15.9. The normalized spacial score (nSPS) is 11.7. The largest absolute Gasteiger partial charge is 0.343 e. The summed E-state index contributed by atoms with van der Waals surface area (Å²) in [4.78, 5) is 17.0. The highest BCUT2D eigenvalue weighted by Gasteiger charge is 2.17. The maximum Gasteiger partial charge on any atom is 0.251 e. The van der Waals surface area contributed by atoms with Gasteiger partial charge < -0.3 is 5.32 Å². The quantitative estimate of drug-likeness (QED) is 0.770. The number of nitrogens with zero attached hydrogens (tertiary/aromatic N) is 1. The van der Waals surface area contributed by atoms with Gasteiger partial charge in [-0.2, -0.15) is 0 Å². The smallest absolute Gasteiger partial charge is 0.251 e. The first-order chi connectivity index (χ1) is 11.7. The van der Waals surface area contributed by atoms with Gasteiger partial charge >= 0.3 is 0 Å². The molecule has 1 heterocycles. The minimum Gasteiger partial charge on any atom is -0.343 e. The predicted molar refractivity (Wildman–Crippen MR) is 95.8 cm³/mol. The molecule has 2 aromatic carbocycles. The summed E-state index contributed by atoms with van der Waals surface area (Å²) >= 11 is 0. The van der Waals surface area contributed by atoms with Gasteiger partial charge in [0.25, 0.3) is 5.91 Å². The van der Waals surface area contributed by atoms with Gasteiger partial charge in [0.2, 0.25) is 0 Å². The monoisotopic (exact) mass is 316 g/mol. The van der Waals surface area contributed by atoms with Crippen LogP contribution in [0.4, 0.5) is 0 Å². The topological polar surface area (TPSA) is 42.0 Å². The first-order valence-electron chi connectivity index (χ1n) is 8.05. The number of rotatable bonds is 5. The maximum atomic E-state index is 12.6. The van der Waals surface area contributed by atoms with Crippen molar-refractivity contribution in [1.82, 2.24) is 10.3 Å². The van der Waals surface area contributed by atoms with E-state index in [4.69, 9.17) is 0 Å². The SMILES string of the molecule is Cc1ccnc(C(Cc2ccccc2)NC(=O)c2ccccc2)c1. The molecule has 3 rings (SSSR count). The Morgan fingerprint density at radius 2 is 1.67 bits per heavy atom.